The van der Waals surface area contributed by atoms with Crippen molar-refractivity contribution in [3.8, 4) is 5.69 Å². The zero-order valence-corrected chi connectivity index (χ0v) is 18.9. The van der Waals surface area contributed by atoms with Crippen LogP contribution in [0.3, 0.4) is 0 Å². The Morgan fingerprint density at radius 2 is 1.82 bits per heavy atom. The first-order valence-corrected chi connectivity index (χ1v) is 11.2. The van der Waals surface area contributed by atoms with E-state index in [0.29, 0.717) is 32.7 Å². The summed E-state index contributed by atoms with van der Waals surface area (Å²) >= 11 is 1.58. The summed E-state index contributed by atoms with van der Waals surface area (Å²) in [5.41, 5.74) is -0.950. The molecule has 7 nitrogen and oxygen atoms in total. The molecule has 0 N–H and O–H groups in total. The monoisotopic (exact) mass is 477 g/mol. The first kappa shape index (κ1) is 23.1. The van der Waals surface area contributed by atoms with E-state index in [2.05, 4.69) is 15.0 Å². The fourth-order valence-corrected chi connectivity index (χ4v) is 4.41. The number of rotatable bonds is 4. The van der Waals surface area contributed by atoms with E-state index in [9.17, 15) is 22.8 Å². The molecule has 0 spiro atoms. The van der Waals surface area contributed by atoms with Crippen LogP contribution in [0.1, 0.15) is 32.4 Å². The zero-order valence-electron chi connectivity index (χ0n) is 18.1. The molecule has 33 heavy (non-hydrogen) atoms. The number of aromatic nitrogens is 3. The Bertz CT molecular complexity index is 1230. The lowest BCUT2D eigenvalue weighted by Crippen LogP contribution is -2.49. The summed E-state index contributed by atoms with van der Waals surface area (Å²) in [5.74, 6) is -0.581. The van der Waals surface area contributed by atoms with Crippen molar-refractivity contribution in [1.29, 1.82) is 0 Å². The van der Waals surface area contributed by atoms with Crippen LogP contribution in [0.4, 0.5) is 13.2 Å². The number of nitrogens with zero attached hydrogens (tertiary/aromatic N) is 5. The minimum atomic E-state index is -4.61. The quantitative estimate of drug-likeness (QED) is 0.577. The van der Waals surface area contributed by atoms with Gasteiger partial charge in [0.15, 0.2) is 5.69 Å². The van der Waals surface area contributed by atoms with Crippen LogP contribution in [0, 0.1) is 13.8 Å². The summed E-state index contributed by atoms with van der Waals surface area (Å²) in [4.78, 5) is 33.7. The van der Waals surface area contributed by atoms with Gasteiger partial charge in [0.1, 0.15) is 0 Å². The van der Waals surface area contributed by atoms with Crippen molar-refractivity contribution < 1.29 is 18.0 Å². The molecule has 1 aliphatic rings. The normalized spacial score (nSPS) is 15.1. The minimum Gasteiger partial charge on any atom is -0.335 e. The summed E-state index contributed by atoms with van der Waals surface area (Å²) in [6.45, 7) is 6.06. The van der Waals surface area contributed by atoms with E-state index in [1.807, 2.05) is 12.3 Å². The molecule has 0 bridgehead atoms. The highest BCUT2D eigenvalue weighted by Gasteiger charge is 2.34. The molecule has 0 atom stereocenters. The predicted molar refractivity (Wildman–Crippen MR) is 118 cm³/mol. The summed E-state index contributed by atoms with van der Waals surface area (Å²) in [7, 11) is 0. The molecule has 174 valence electrons. The van der Waals surface area contributed by atoms with Crippen molar-refractivity contribution >= 4 is 17.2 Å². The van der Waals surface area contributed by atoms with Gasteiger partial charge in [-0.15, -0.1) is 11.3 Å². The van der Waals surface area contributed by atoms with Crippen LogP contribution in [0.25, 0.3) is 5.69 Å². The molecule has 1 saturated heterocycles. The van der Waals surface area contributed by atoms with Crippen LogP contribution in [0.5, 0.6) is 0 Å². The second-order valence-electron chi connectivity index (χ2n) is 7.85. The molecule has 1 amide bonds. The Labute approximate surface area is 192 Å². The first-order valence-electron chi connectivity index (χ1n) is 10.3. The van der Waals surface area contributed by atoms with E-state index in [4.69, 9.17) is 0 Å². The SMILES string of the molecule is Cc1nc(CN2CCN(C(=O)c3nn(-c4ccccc4C(F)(F)F)c(C)cc3=O)CC2)cs1. The third-order valence-corrected chi connectivity index (χ3v) is 6.28. The number of benzene rings is 1. The van der Waals surface area contributed by atoms with E-state index in [1.165, 1.54) is 30.0 Å². The van der Waals surface area contributed by atoms with Crippen LogP contribution in [-0.4, -0.2) is 56.7 Å². The van der Waals surface area contributed by atoms with Crippen molar-refractivity contribution in [2.45, 2.75) is 26.6 Å². The molecular weight excluding hydrogens is 455 g/mol. The minimum absolute atomic E-state index is 0.205. The van der Waals surface area contributed by atoms with Gasteiger partial charge in [-0.3, -0.25) is 14.5 Å². The van der Waals surface area contributed by atoms with Crippen molar-refractivity contribution in [2.24, 2.45) is 0 Å². The second-order valence-corrected chi connectivity index (χ2v) is 8.91. The number of hydrogen-bond acceptors (Lipinski definition) is 6. The average Bonchev–Trinajstić information content (AvgIpc) is 3.18. The summed E-state index contributed by atoms with van der Waals surface area (Å²) in [5, 5.41) is 7.07. The fraction of sp³-hybridized carbons (Fsp3) is 0.364. The number of thiazole rings is 1. The van der Waals surface area contributed by atoms with Gasteiger partial charge in [-0.1, -0.05) is 12.1 Å². The van der Waals surface area contributed by atoms with Gasteiger partial charge in [0, 0.05) is 49.9 Å². The molecule has 0 saturated carbocycles. The Kier molecular flexibility index (Phi) is 6.35. The molecule has 0 radical (unpaired) electrons. The summed E-state index contributed by atoms with van der Waals surface area (Å²) < 4.78 is 41.5. The van der Waals surface area contributed by atoms with Gasteiger partial charge in [-0.05, 0) is 26.0 Å². The van der Waals surface area contributed by atoms with Gasteiger partial charge in [0.05, 0.1) is 22.0 Å². The van der Waals surface area contributed by atoms with Crippen molar-refractivity contribution in [2.75, 3.05) is 26.2 Å². The molecule has 3 heterocycles. The van der Waals surface area contributed by atoms with Crippen LogP contribution in [0.15, 0.2) is 40.5 Å². The van der Waals surface area contributed by atoms with Gasteiger partial charge >= 0.3 is 6.18 Å². The smallest absolute Gasteiger partial charge is 0.335 e. The summed E-state index contributed by atoms with van der Waals surface area (Å²) in [6, 6.07) is 6.09. The molecule has 0 aliphatic carbocycles. The van der Waals surface area contributed by atoms with Crippen LogP contribution in [0.2, 0.25) is 0 Å². The van der Waals surface area contributed by atoms with Crippen molar-refractivity contribution in [3.05, 3.63) is 73.6 Å². The number of piperazine rings is 1. The molecule has 3 aromatic rings. The van der Waals surface area contributed by atoms with Crippen LogP contribution in [-0.2, 0) is 12.7 Å². The number of aryl methyl sites for hydroxylation is 2. The lowest BCUT2D eigenvalue weighted by Gasteiger charge is -2.34. The highest BCUT2D eigenvalue weighted by Crippen LogP contribution is 2.33. The van der Waals surface area contributed by atoms with E-state index in [-0.39, 0.29) is 17.1 Å². The molecule has 11 heteroatoms. The van der Waals surface area contributed by atoms with Crippen molar-refractivity contribution in [1.82, 2.24) is 24.6 Å². The van der Waals surface area contributed by atoms with Crippen LogP contribution < -0.4 is 5.43 Å². The van der Waals surface area contributed by atoms with Crippen LogP contribution >= 0.6 is 11.3 Å². The molecule has 1 aliphatic heterocycles. The van der Waals surface area contributed by atoms with Gasteiger partial charge in [-0.2, -0.15) is 18.3 Å². The van der Waals surface area contributed by atoms with E-state index in [1.54, 1.807) is 11.3 Å². The van der Waals surface area contributed by atoms with E-state index in [0.717, 1.165) is 27.5 Å². The number of carbonyl (C=O) groups excluding carboxylic acids is 1. The number of para-hydroxylation sites is 1. The topological polar surface area (TPSA) is 71.3 Å². The molecule has 0 unspecified atom stereocenters. The number of amides is 1. The molecular formula is C22H22F3N5O2S. The van der Waals surface area contributed by atoms with Gasteiger partial charge in [0.25, 0.3) is 5.91 Å². The highest BCUT2D eigenvalue weighted by atomic mass is 32.1. The van der Waals surface area contributed by atoms with Gasteiger partial charge in [-0.25, -0.2) is 9.67 Å². The summed E-state index contributed by atoms with van der Waals surface area (Å²) in [6.07, 6.45) is -4.61. The Hall–Kier alpha value is -3.05. The second kappa shape index (κ2) is 9.06. The van der Waals surface area contributed by atoms with Gasteiger partial charge in [0.2, 0.25) is 5.43 Å². The largest absolute Gasteiger partial charge is 0.418 e. The lowest BCUT2D eigenvalue weighted by atomic mass is 10.1. The number of alkyl halides is 3. The van der Waals surface area contributed by atoms with Gasteiger partial charge < -0.3 is 4.90 Å². The molecule has 1 aromatic carbocycles. The predicted octanol–water partition coefficient (Wildman–Crippen LogP) is 3.28. The first-order chi connectivity index (χ1) is 15.6. The molecule has 4 rings (SSSR count). The Morgan fingerprint density at radius 1 is 1.12 bits per heavy atom. The maximum atomic E-state index is 13.5. The Balaban J connectivity index is 1.56. The van der Waals surface area contributed by atoms with E-state index < -0.39 is 23.1 Å². The lowest BCUT2D eigenvalue weighted by molar-refractivity contribution is -0.137. The Morgan fingerprint density at radius 3 is 2.45 bits per heavy atom. The maximum absolute atomic E-state index is 13.5. The number of halogens is 3. The number of carbonyl (C=O) groups is 1. The third-order valence-electron chi connectivity index (χ3n) is 5.46. The molecule has 2 aromatic heterocycles. The third kappa shape index (κ3) is 4.98. The number of hydrogen-bond donors (Lipinski definition) is 0. The standard InChI is InChI=1S/C22H22F3N5O2S/c1-14-11-19(31)20(27-30(14)18-6-4-3-5-17(18)22(23,24)25)21(32)29-9-7-28(8-10-29)12-16-13-33-15(2)26-16/h3-6,11,13H,7-10,12H2,1-2H3. The maximum Gasteiger partial charge on any atom is 0.418 e. The fourth-order valence-electron chi connectivity index (χ4n) is 3.81. The van der Waals surface area contributed by atoms with Crippen molar-refractivity contribution in [3.63, 3.8) is 0 Å². The van der Waals surface area contributed by atoms with E-state index >= 15 is 0 Å². The zero-order chi connectivity index (χ0) is 23.8. The average molecular weight is 478 g/mol. The highest BCUT2D eigenvalue weighted by molar-refractivity contribution is 7.09. The molecule has 1 fully saturated rings.